The molecule has 1 heterocycles. The summed E-state index contributed by atoms with van der Waals surface area (Å²) >= 11 is 6.06. The highest BCUT2D eigenvalue weighted by molar-refractivity contribution is 6.31. The molecule has 110 valence electrons. The molecule has 0 spiro atoms. The quantitative estimate of drug-likeness (QED) is 0.849. The molecule has 2 aromatic rings. The summed E-state index contributed by atoms with van der Waals surface area (Å²) in [5.74, 6) is -0.286. The summed E-state index contributed by atoms with van der Waals surface area (Å²) in [5.41, 5.74) is 1.13. The summed E-state index contributed by atoms with van der Waals surface area (Å²) in [5, 5.41) is 0.338. The van der Waals surface area contributed by atoms with E-state index in [0.29, 0.717) is 16.3 Å². The van der Waals surface area contributed by atoms with Crippen molar-refractivity contribution in [2.24, 2.45) is 0 Å². The summed E-state index contributed by atoms with van der Waals surface area (Å²) in [6.45, 7) is 1.98. The molecule has 0 bridgehead atoms. The standard InChI is InChI=1S/C16H15ClFNO2/c1-10-7-8-21-15(10)16(20)19(11-5-6-11)9-12-13(17)3-2-4-14(12)18/h2-4,7-8,11H,5-6,9H2,1H3. The first kappa shape index (κ1) is 14.1. The highest BCUT2D eigenvalue weighted by atomic mass is 35.5. The van der Waals surface area contributed by atoms with Crippen LogP contribution in [0.2, 0.25) is 5.02 Å². The van der Waals surface area contributed by atoms with E-state index < -0.39 is 5.82 Å². The van der Waals surface area contributed by atoms with E-state index in [4.69, 9.17) is 16.0 Å². The molecule has 1 aromatic carbocycles. The summed E-state index contributed by atoms with van der Waals surface area (Å²) < 4.78 is 19.2. The number of amides is 1. The number of hydrogen-bond acceptors (Lipinski definition) is 2. The minimum absolute atomic E-state index is 0.137. The van der Waals surface area contributed by atoms with Crippen LogP contribution in [-0.4, -0.2) is 16.8 Å². The van der Waals surface area contributed by atoms with Gasteiger partial charge in [0.15, 0.2) is 5.76 Å². The Labute approximate surface area is 127 Å². The molecule has 1 amide bonds. The van der Waals surface area contributed by atoms with E-state index in [1.54, 1.807) is 23.1 Å². The summed E-state index contributed by atoms with van der Waals surface area (Å²) in [6, 6.07) is 6.43. The number of benzene rings is 1. The topological polar surface area (TPSA) is 33.5 Å². The smallest absolute Gasteiger partial charge is 0.290 e. The monoisotopic (exact) mass is 307 g/mol. The molecule has 0 radical (unpaired) electrons. The molecule has 1 aliphatic carbocycles. The lowest BCUT2D eigenvalue weighted by Crippen LogP contribution is -2.33. The van der Waals surface area contributed by atoms with E-state index >= 15 is 0 Å². The van der Waals surface area contributed by atoms with E-state index in [1.165, 1.54) is 12.3 Å². The van der Waals surface area contributed by atoms with Gasteiger partial charge in [-0.15, -0.1) is 0 Å². The number of carbonyl (C=O) groups excluding carboxylic acids is 1. The van der Waals surface area contributed by atoms with Gasteiger partial charge in [0.05, 0.1) is 12.8 Å². The van der Waals surface area contributed by atoms with Gasteiger partial charge in [0, 0.05) is 22.2 Å². The van der Waals surface area contributed by atoms with Gasteiger partial charge >= 0.3 is 0 Å². The highest BCUT2D eigenvalue weighted by Gasteiger charge is 2.35. The maximum Gasteiger partial charge on any atom is 0.290 e. The number of nitrogens with zero attached hydrogens (tertiary/aromatic N) is 1. The second-order valence-corrected chi connectivity index (χ2v) is 5.70. The van der Waals surface area contributed by atoms with E-state index in [-0.39, 0.29) is 18.5 Å². The van der Waals surface area contributed by atoms with Gasteiger partial charge in [-0.25, -0.2) is 4.39 Å². The first-order valence-electron chi connectivity index (χ1n) is 6.86. The van der Waals surface area contributed by atoms with Crippen LogP contribution >= 0.6 is 11.6 Å². The molecule has 1 saturated carbocycles. The molecule has 1 aliphatic rings. The van der Waals surface area contributed by atoms with Gasteiger partial charge in [-0.2, -0.15) is 0 Å². The lowest BCUT2D eigenvalue weighted by molar-refractivity contribution is 0.0695. The molecule has 0 saturated heterocycles. The fourth-order valence-electron chi connectivity index (χ4n) is 2.33. The van der Waals surface area contributed by atoms with Crippen LogP contribution in [0.15, 0.2) is 34.9 Å². The molecule has 1 aromatic heterocycles. The van der Waals surface area contributed by atoms with Crippen LogP contribution in [-0.2, 0) is 6.54 Å². The molecule has 21 heavy (non-hydrogen) atoms. The number of halogens is 2. The van der Waals surface area contributed by atoms with Crippen molar-refractivity contribution in [2.75, 3.05) is 0 Å². The third kappa shape index (κ3) is 2.81. The van der Waals surface area contributed by atoms with Gasteiger partial charge in [0.25, 0.3) is 5.91 Å². The molecule has 0 unspecified atom stereocenters. The van der Waals surface area contributed by atoms with Crippen LogP contribution in [0.3, 0.4) is 0 Å². The van der Waals surface area contributed by atoms with Crippen LogP contribution in [0.4, 0.5) is 4.39 Å². The SMILES string of the molecule is Cc1ccoc1C(=O)N(Cc1c(F)cccc1Cl)C1CC1. The zero-order valence-electron chi connectivity index (χ0n) is 11.6. The molecule has 0 atom stereocenters. The molecule has 0 N–H and O–H groups in total. The Balaban J connectivity index is 1.89. The van der Waals surface area contributed by atoms with Crippen molar-refractivity contribution in [1.29, 1.82) is 0 Å². The molecular weight excluding hydrogens is 293 g/mol. The summed E-state index contributed by atoms with van der Waals surface area (Å²) in [4.78, 5) is 14.3. The van der Waals surface area contributed by atoms with Crippen LogP contribution < -0.4 is 0 Å². The fraction of sp³-hybridized carbons (Fsp3) is 0.312. The Morgan fingerprint density at radius 3 is 2.76 bits per heavy atom. The maximum absolute atomic E-state index is 13.9. The average Bonchev–Trinajstić information content (AvgIpc) is 3.19. The Hall–Kier alpha value is -1.81. The predicted molar refractivity (Wildman–Crippen MR) is 77.8 cm³/mol. The van der Waals surface area contributed by atoms with E-state index in [2.05, 4.69) is 0 Å². The van der Waals surface area contributed by atoms with Crippen molar-refractivity contribution in [1.82, 2.24) is 4.90 Å². The van der Waals surface area contributed by atoms with Gasteiger partial charge in [-0.1, -0.05) is 17.7 Å². The first-order chi connectivity index (χ1) is 10.1. The maximum atomic E-state index is 13.9. The van der Waals surface area contributed by atoms with Crippen molar-refractivity contribution < 1.29 is 13.6 Å². The zero-order valence-corrected chi connectivity index (χ0v) is 12.4. The van der Waals surface area contributed by atoms with Crippen LogP contribution in [0, 0.1) is 12.7 Å². The number of carbonyl (C=O) groups is 1. The lowest BCUT2D eigenvalue weighted by atomic mass is 10.1. The van der Waals surface area contributed by atoms with Gasteiger partial charge < -0.3 is 9.32 Å². The fourth-order valence-corrected chi connectivity index (χ4v) is 2.55. The molecule has 1 fully saturated rings. The highest BCUT2D eigenvalue weighted by Crippen LogP contribution is 2.32. The number of aryl methyl sites for hydroxylation is 1. The average molecular weight is 308 g/mol. The molecule has 0 aliphatic heterocycles. The predicted octanol–water partition coefficient (Wildman–Crippen LogP) is 4.19. The molecule has 5 heteroatoms. The number of furan rings is 1. The third-order valence-corrected chi connectivity index (χ3v) is 4.05. The number of rotatable bonds is 4. The van der Waals surface area contributed by atoms with E-state index in [9.17, 15) is 9.18 Å². The van der Waals surface area contributed by atoms with E-state index in [1.807, 2.05) is 6.92 Å². The number of hydrogen-bond donors (Lipinski definition) is 0. The molecular formula is C16H15ClFNO2. The van der Waals surface area contributed by atoms with Gasteiger partial charge in [0.2, 0.25) is 0 Å². The molecule has 3 nitrogen and oxygen atoms in total. The van der Waals surface area contributed by atoms with Gasteiger partial charge in [-0.05, 0) is 38.0 Å². The van der Waals surface area contributed by atoms with E-state index in [0.717, 1.165) is 18.4 Å². The van der Waals surface area contributed by atoms with Crippen LogP contribution in [0.5, 0.6) is 0 Å². The summed E-state index contributed by atoms with van der Waals surface area (Å²) in [6.07, 6.45) is 3.35. The zero-order chi connectivity index (χ0) is 15.0. The Morgan fingerprint density at radius 2 is 2.19 bits per heavy atom. The third-order valence-electron chi connectivity index (χ3n) is 3.69. The van der Waals surface area contributed by atoms with Crippen molar-refractivity contribution in [3.63, 3.8) is 0 Å². The minimum Gasteiger partial charge on any atom is -0.459 e. The molecule has 3 rings (SSSR count). The second-order valence-electron chi connectivity index (χ2n) is 5.30. The normalized spacial score (nSPS) is 14.2. The van der Waals surface area contributed by atoms with Gasteiger partial charge in [-0.3, -0.25) is 4.79 Å². The largest absolute Gasteiger partial charge is 0.459 e. The minimum atomic E-state index is -0.392. The lowest BCUT2D eigenvalue weighted by Gasteiger charge is -2.22. The second kappa shape index (κ2) is 5.53. The van der Waals surface area contributed by atoms with Crippen LogP contribution in [0.25, 0.3) is 0 Å². The Bertz CT molecular complexity index is 658. The van der Waals surface area contributed by atoms with Gasteiger partial charge in [0.1, 0.15) is 5.82 Å². The van der Waals surface area contributed by atoms with Crippen molar-refractivity contribution >= 4 is 17.5 Å². The van der Waals surface area contributed by atoms with Crippen molar-refractivity contribution in [3.8, 4) is 0 Å². The van der Waals surface area contributed by atoms with Crippen molar-refractivity contribution in [2.45, 2.75) is 32.4 Å². The first-order valence-corrected chi connectivity index (χ1v) is 7.23. The summed E-state index contributed by atoms with van der Waals surface area (Å²) in [7, 11) is 0. The van der Waals surface area contributed by atoms with Crippen molar-refractivity contribution in [3.05, 3.63) is 58.3 Å². The Morgan fingerprint density at radius 1 is 1.43 bits per heavy atom. The Kier molecular flexibility index (Phi) is 3.72. The van der Waals surface area contributed by atoms with Crippen LogP contribution in [0.1, 0.15) is 34.5 Å².